The predicted octanol–water partition coefficient (Wildman–Crippen LogP) is 5.44. The van der Waals surface area contributed by atoms with E-state index in [4.69, 9.17) is 4.74 Å². The third kappa shape index (κ3) is 5.86. The lowest BCUT2D eigenvalue weighted by molar-refractivity contribution is -0.141. The fraction of sp³-hybridized carbons (Fsp3) is 0.357. The molecule has 0 aliphatic heterocycles. The third-order valence-electron chi connectivity index (χ3n) is 6.48. The predicted molar refractivity (Wildman–Crippen MR) is 136 cm³/mol. The van der Waals surface area contributed by atoms with Crippen molar-refractivity contribution in [3.8, 4) is 5.75 Å². The van der Waals surface area contributed by atoms with E-state index < -0.39 is 6.04 Å². The Hall–Kier alpha value is -3.12. The van der Waals surface area contributed by atoms with E-state index in [0.717, 1.165) is 53.0 Å². The number of hydrogen-bond acceptors (Lipinski definition) is 4. The Morgan fingerprint density at radius 1 is 1.06 bits per heavy atom. The first-order valence-corrected chi connectivity index (χ1v) is 12.7. The van der Waals surface area contributed by atoms with E-state index >= 15 is 0 Å². The average molecular weight is 477 g/mol. The quantitative estimate of drug-likeness (QED) is 0.448. The number of carbonyl (C=O) groups is 2. The van der Waals surface area contributed by atoms with Gasteiger partial charge in [-0.3, -0.25) is 9.59 Å². The Balaban J connectivity index is 1.70. The van der Waals surface area contributed by atoms with E-state index in [1.807, 2.05) is 73.0 Å². The van der Waals surface area contributed by atoms with Gasteiger partial charge in [-0.2, -0.15) is 0 Å². The Bertz CT molecular complexity index is 1090. The van der Waals surface area contributed by atoms with E-state index in [0.29, 0.717) is 6.54 Å². The van der Waals surface area contributed by atoms with Crippen molar-refractivity contribution < 1.29 is 14.3 Å². The van der Waals surface area contributed by atoms with Gasteiger partial charge in [0, 0.05) is 17.5 Å². The van der Waals surface area contributed by atoms with Gasteiger partial charge in [-0.25, -0.2) is 0 Å². The summed E-state index contributed by atoms with van der Waals surface area (Å²) in [6, 6.07) is 18.9. The minimum atomic E-state index is -0.698. The maximum Gasteiger partial charge on any atom is 0.247 e. The van der Waals surface area contributed by atoms with Gasteiger partial charge in [-0.1, -0.05) is 55.3 Å². The summed E-state index contributed by atoms with van der Waals surface area (Å²) >= 11 is 1.56. The number of hydrogen-bond donors (Lipinski definition) is 1. The molecule has 1 atom stereocenters. The molecule has 1 saturated carbocycles. The van der Waals surface area contributed by atoms with Crippen LogP contribution in [0.5, 0.6) is 5.75 Å². The molecule has 5 nitrogen and oxygen atoms in total. The van der Waals surface area contributed by atoms with Crippen molar-refractivity contribution in [1.82, 2.24) is 10.2 Å². The number of carbonyl (C=O) groups excluding carboxylic acids is 2. The largest absolute Gasteiger partial charge is 0.497 e. The molecule has 178 valence electrons. The molecule has 0 spiro atoms. The molecule has 1 heterocycles. The van der Waals surface area contributed by atoms with E-state index in [1.54, 1.807) is 23.3 Å². The molecule has 4 rings (SSSR count). The van der Waals surface area contributed by atoms with Crippen molar-refractivity contribution in [2.75, 3.05) is 7.11 Å². The molecule has 0 bridgehead atoms. The molecular weight excluding hydrogens is 444 g/mol. The molecule has 6 heteroatoms. The van der Waals surface area contributed by atoms with Gasteiger partial charge in [0.15, 0.2) is 0 Å². The van der Waals surface area contributed by atoms with Crippen molar-refractivity contribution in [1.29, 1.82) is 0 Å². The number of ether oxygens (including phenoxy) is 1. The van der Waals surface area contributed by atoms with E-state index in [9.17, 15) is 9.59 Å². The van der Waals surface area contributed by atoms with Crippen molar-refractivity contribution in [3.05, 3.63) is 87.6 Å². The smallest absolute Gasteiger partial charge is 0.247 e. The highest BCUT2D eigenvalue weighted by Crippen LogP contribution is 2.29. The maximum atomic E-state index is 13.8. The third-order valence-corrected chi connectivity index (χ3v) is 7.36. The summed E-state index contributed by atoms with van der Waals surface area (Å²) in [4.78, 5) is 30.2. The van der Waals surface area contributed by atoms with Crippen molar-refractivity contribution in [3.63, 3.8) is 0 Å². The summed E-state index contributed by atoms with van der Waals surface area (Å²) in [7, 11) is 1.63. The average Bonchev–Trinajstić information content (AvgIpc) is 3.55. The lowest BCUT2D eigenvalue weighted by Crippen LogP contribution is -2.46. The molecule has 3 aromatic rings. The van der Waals surface area contributed by atoms with Gasteiger partial charge in [0.05, 0.1) is 13.5 Å². The number of aryl methyl sites for hydroxylation is 1. The lowest BCUT2D eigenvalue weighted by Gasteiger charge is -2.33. The molecule has 1 aliphatic carbocycles. The number of methoxy groups -OCH3 is 1. The molecule has 0 radical (unpaired) electrons. The highest BCUT2D eigenvalue weighted by molar-refractivity contribution is 7.10. The molecule has 34 heavy (non-hydrogen) atoms. The summed E-state index contributed by atoms with van der Waals surface area (Å²) in [5.41, 5.74) is 2.82. The zero-order chi connectivity index (χ0) is 23.9. The molecule has 1 fully saturated rings. The molecule has 1 aromatic heterocycles. The van der Waals surface area contributed by atoms with E-state index in [2.05, 4.69) is 5.32 Å². The maximum absolute atomic E-state index is 13.8. The number of benzene rings is 2. The van der Waals surface area contributed by atoms with Crippen LogP contribution in [0.15, 0.2) is 66.0 Å². The summed E-state index contributed by atoms with van der Waals surface area (Å²) < 4.78 is 5.29. The van der Waals surface area contributed by atoms with Crippen molar-refractivity contribution in [2.24, 2.45) is 0 Å². The molecular formula is C28H32N2O3S. The normalized spacial score (nSPS) is 14.5. The number of rotatable bonds is 9. The van der Waals surface area contributed by atoms with Gasteiger partial charge in [-0.15, -0.1) is 11.3 Å². The lowest BCUT2D eigenvalue weighted by atomic mass is 9.97. The molecule has 1 aliphatic rings. The Labute approximate surface area is 205 Å². The molecule has 2 amide bonds. The van der Waals surface area contributed by atoms with Crippen LogP contribution < -0.4 is 10.1 Å². The second-order valence-corrected chi connectivity index (χ2v) is 9.91. The van der Waals surface area contributed by atoms with Crippen LogP contribution in [0.25, 0.3) is 0 Å². The first-order chi connectivity index (χ1) is 16.5. The van der Waals surface area contributed by atoms with Crippen LogP contribution in [-0.4, -0.2) is 29.9 Å². The Morgan fingerprint density at radius 3 is 2.44 bits per heavy atom. The fourth-order valence-corrected chi connectivity index (χ4v) is 5.31. The summed E-state index contributed by atoms with van der Waals surface area (Å²) in [5, 5.41) is 5.23. The van der Waals surface area contributed by atoms with Crippen LogP contribution in [0.2, 0.25) is 0 Å². The van der Waals surface area contributed by atoms with Gasteiger partial charge >= 0.3 is 0 Å². The summed E-state index contributed by atoms with van der Waals surface area (Å²) in [6.45, 7) is 2.34. The van der Waals surface area contributed by atoms with Crippen LogP contribution >= 0.6 is 11.3 Å². The number of amides is 2. The van der Waals surface area contributed by atoms with Crippen molar-refractivity contribution in [2.45, 2.75) is 57.7 Å². The molecule has 1 N–H and O–H groups in total. The van der Waals surface area contributed by atoms with Gasteiger partial charge in [0.1, 0.15) is 11.8 Å². The highest BCUT2D eigenvalue weighted by atomic mass is 32.1. The fourth-order valence-electron chi connectivity index (χ4n) is 4.61. The first kappa shape index (κ1) is 24.0. The van der Waals surface area contributed by atoms with Crippen LogP contribution in [-0.2, 0) is 22.6 Å². The Kier molecular flexibility index (Phi) is 8.01. The summed E-state index contributed by atoms with van der Waals surface area (Å²) in [5.74, 6) is 0.594. The highest BCUT2D eigenvalue weighted by Gasteiger charge is 2.34. The van der Waals surface area contributed by atoms with Gasteiger partial charge < -0.3 is 15.0 Å². The Morgan fingerprint density at radius 2 is 1.79 bits per heavy atom. The zero-order valence-electron chi connectivity index (χ0n) is 19.8. The van der Waals surface area contributed by atoms with Gasteiger partial charge in [-0.05, 0) is 60.0 Å². The SMILES string of the molecule is COc1ccc(CN(C(=O)Cc2cccs2)C(C(=O)NC2CCCC2)c2ccccc2C)cc1. The van der Waals surface area contributed by atoms with Crippen LogP contribution in [0.3, 0.4) is 0 Å². The molecule has 1 unspecified atom stereocenters. The van der Waals surface area contributed by atoms with Crippen LogP contribution in [0.4, 0.5) is 0 Å². The minimum Gasteiger partial charge on any atom is -0.497 e. The van der Waals surface area contributed by atoms with Crippen molar-refractivity contribution >= 4 is 23.2 Å². The number of nitrogens with zero attached hydrogens (tertiary/aromatic N) is 1. The van der Waals surface area contributed by atoms with Gasteiger partial charge in [0.25, 0.3) is 0 Å². The monoisotopic (exact) mass is 476 g/mol. The number of thiophene rings is 1. The van der Waals surface area contributed by atoms with E-state index in [-0.39, 0.29) is 24.3 Å². The second-order valence-electron chi connectivity index (χ2n) is 8.87. The van der Waals surface area contributed by atoms with Crippen LogP contribution in [0.1, 0.15) is 53.3 Å². The zero-order valence-corrected chi connectivity index (χ0v) is 20.6. The first-order valence-electron chi connectivity index (χ1n) is 11.9. The second kappa shape index (κ2) is 11.3. The summed E-state index contributed by atoms with van der Waals surface area (Å²) in [6.07, 6.45) is 4.52. The topological polar surface area (TPSA) is 58.6 Å². The van der Waals surface area contributed by atoms with E-state index in [1.165, 1.54) is 0 Å². The standard InChI is InChI=1S/C28H32N2O3S/c1-20-8-3-6-12-25(20)27(28(32)29-22-9-4-5-10-22)30(26(31)18-24-11-7-17-34-24)19-21-13-15-23(33-2)16-14-21/h3,6-8,11-17,22,27H,4-5,9-10,18-19H2,1-2H3,(H,29,32). The molecule has 0 saturated heterocycles. The van der Waals surface area contributed by atoms with Gasteiger partial charge in [0.2, 0.25) is 11.8 Å². The molecule has 2 aromatic carbocycles. The van der Waals surface area contributed by atoms with Crippen LogP contribution in [0, 0.1) is 6.92 Å². The number of nitrogens with one attached hydrogen (secondary N) is 1. The minimum absolute atomic E-state index is 0.0620.